The Labute approximate surface area is 128 Å². The lowest BCUT2D eigenvalue weighted by Gasteiger charge is -2.32. The molecule has 1 aromatic heterocycles. The van der Waals surface area contributed by atoms with E-state index in [0.717, 1.165) is 24.2 Å². The minimum Gasteiger partial charge on any atom is -0.335 e. The summed E-state index contributed by atoms with van der Waals surface area (Å²) in [5.74, 6) is -0.267. The molecular formula is C16H20N4O2. The van der Waals surface area contributed by atoms with Crippen molar-refractivity contribution in [1.82, 2.24) is 19.6 Å². The lowest BCUT2D eigenvalue weighted by atomic mass is 10.1. The van der Waals surface area contributed by atoms with Crippen molar-refractivity contribution in [3.05, 3.63) is 39.7 Å². The van der Waals surface area contributed by atoms with Gasteiger partial charge < -0.3 is 9.80 Å². The summed E-state index contributed by atoms with van der Waals surface area (Å²) in [6, 6.07) is 5.62. The molecule has 1 aliphatic heterocycles. The van der Waals surface area contributed by atoms with Gasteiger partial charge in [0.1, 0.15) is 0 Å². The van der Waals surface area contributed by atoms with Crippen LogP contribution in [0, 0.1) is 6.92 Å². The molecule has 22 heavy (non-hydrogen) atoms. The largest absolute Gasteiger partial charge is 0.335 e. The zero-order valence-electron chi connectivity index (χ0n) is 13.2. The number of carbonyl (C=O) groups is 1. The summed E-state index contributed by atoms with van der Waals surface area (Å²) in [5, 5.41) is 4.77. The lowest BCUT2D eigenvalue weighted by Crippen LogP contribution is -2.48. The monoisotopic (exact) mass is 300 g/mol. The van der Waals surface area contributed by atoms with Crippen LogP contribution in [0.25, 0.3) is 10.9 Å². The van der Waals surface area contributed by atoms with Crippen molar-refractivity contribution >= 4 is 16.8 Å². The van der Waals surface area contributed by atoms with Crippen LogP contribution in [0.3, 0.4) is 0 Å². The SMILES string of the molecule is Cc1ccc2c(c1)c(=O)c(C(=O)N1CCN(C)CC1)nn2C. The van der Waals surface area contributed by atoms with Crippen LogP contribution in [0.2, 0.25) is 0 Å². The van der Waals surface area contributed by atoms with Crippen LogP contribution in [0.4, 0.5) is 0 Å². The van der Waals surface area contributed by atoms with Crippen molar-refractivity contribution in [3.8, 4) is 0 Å². The predicted molar refractivity (Wildman–Crippen MR) is 85.1 cm³/mol. The molecule has 0 N–H and O–H groups in total. The van der Waals surface area contributed by atoms with Crippen molar-refractivity contribution in [1.29, 1.82) is 0 Å². The quantitative estimate of drug-likeness (QED) is 0.775. The first kappa shape index (κ1) is 14.7. The molecular weight excluding hydrogens is 280 g/mol. The first-order valence-corrected chi connectivity index (χ1v) is 7.43. The van der Waals surface area contributed by atoms with Gasteiger partial charge in [-0.1, -0.05) is 11.6 Å². The van der Waals surface area contributed by atoms with Gasteiger partial charge in [0.15, 0.2) is 5.69 Å². The van der Waals surface area contributed by atoms with E-state index in [2.05, 4.69) is 10.00 Å². The molecule has 2 heterocycles. The van der Waals surface area contributed by atoms with Crippen molar-refractivity contribution in [2.45, 2.75) is 6.92 Å². The molecule has 1 amide bonds. The summed E-state index contributed by atoms with van der Waals surface area (Å²) < 4.78 is 1.61. The maximum absolute atomic E-state index is 12.6. The molecule has 6 heteroatoms. The number of aromatic nitrogens is 2. The summed E-state index contributed by atoms with van der Waals surface area (Å²) in [7, 11) is 3.79. The topological polar surface area (TPSA) is 58.4 Å². The Morgan fingerprint density at radius 3 is 2.50 bits per heavy atom. The molecule has 6 nitrogen and oxygen atoms in total. The van der Waals surface area contributed by atoms with Gasteiger partial charge in [0.25, 0.3) is 5.91 Å². The van der Waals surface area contributed by atoms with Gasteiger partial charge >= 0.3 is 0 Å². The molecule has 0 saturated carbocycles. The summed E-state index contributed by atoms with van der Waals surface area (Å²) in [6.45, 7) is 4.83. The third-order valence-corrected chi connectivity index (χ3v) is 4.20. The molecule has 1 fully saturated rings. The van der Waals surface area contributed by atoms with Crippen LogP contribution in [0.1, 0.15) is 16.1 Å². The average Bonchev–Trinajstić information content (AvgIpc) is 2.51. The molecule has 2 aromatic rings. The lowest BCUT2D eigenvalue weighted by molar-refractivity contribution is 0.0655. The van der Waals surface area contributed by atoms with Gasteiger partial charge in [-0.3, -0.25) is 14.3 Å². The summed E-state index contributed by atoms with van der Waals surface area (Å²) >= 11 is 0. The van der Waals surface area contributed by atoms with Gasteiger partial charge in [0, 0.05) is 33.2 Å². The number of rotatable bonds is 1. The maximum Gasteiger partial charge on any atom is 0.278 e. The Morgan fingerprint density at radius 1 is 1.14 bits per heavy atom. The molecule has 1 aliphatic rings. The zero-order chi connectivity index (χ0) is 15.9. The zero-order valence-corrected chi connectivity index (χ0v) is 13.2. The van der Waals surface area contributed by atoms with E-state index in [0.29, 0.717) is 18.5 Å². The second-order valence-electron chi connectivity index (χ2n) is 5.92. The molecule has 0 radical (unpaired) electrons. The van der Waals surface area contributed by atoms with Crippen LogP contribution in [-0.2, 0) is 7.05 Å². The second kappa shape index (κ2) is 5.53. The van der Waals surface area contributed by atoms with E-state index in [1.165, 1.54) is 0 Å². The normalized spacial score (nSPS) is 16.2. The van der Waals surface area contributed by atoms with Gasteiger partial charge in [-0.2, -0.15) is 5.10 Å². The summed E-state index contributed by atoms with van der Waals surface area (Å²) in [6.07, 6.45) is 0. The van der Waals surface area contributed by atoms with E-state index in [1.807, 2.05) is 32.2 Å². The highest BCUT2D eigenvalue weighted by atomic mass is 16.2. The Balaban J connectivity index is 2.05. The molecule has 3 rings (SSSR count). The fraction of sp³-hybridized carbons (Fsp3) is 0.438. The van der Waals surface area contributed by atoms with E-state index in [-0.39, 0.29) is 17.0 Å². The Morgan fingerprint density at radius 2 is 1.82 bits per heavy atom. The highest BCUT2D eigenvalue weighted by Gasteiger charge is 2.25. The number of piperazine rings is 1. The Hall–Kier alpha value is -2.21. The van der Waals surface area contributed by atoms with Gasteiger partial charge in [-0.05, 0) is 26.1 Å². The minimum atomic E-state index is -0.277. The smallest absolute Gasteiger partial charge is 0.278 e. The highest BCUT2D eigenvalue weighted by Crippen LogP contribution is 2.12. The molecule has 1 aromatic carbocycles. The summed E-state index contributed by atoms with van der Waals surface area (Å²) in [5.41, 5.74) is 1.48. The molecule has 0 atom stereocenters. The molecule has 0 bridgehead atoms. The van der Waals surface area contributed by atoms with E-state index < -0.39 is 0 Å². The maximum atomic E-state index is 12.6. The third kappa shape index (κ3) is 2.50. The number of fused-ring (bicyclic) bond motifs is 1. The van der Waals surface area contributed by atoms with E-state index in [1.54, 1.807) is 16.6 Å². The van der Waals surface area contributed by atoms with E-state index in [4.69, 9.17) is 0 Å². The number of aryl methyl sites for hydroxylation is 2. The minimum absolute atomic E-state index is 0.0187. The fourth-order valence-corrected chi connectivity index (χ4v) is 2.79. The number of hydrogen-bond acceptors (Lipinski definition) is 4. The van der Waals surface area contributed by atoms with Crippen molar-refractivity contribution < 1.29 is 4.79 Å². The number of likely N-dealkylation sites (N-methyl/N-ethyl adjacent to an activating group) is 1. The number of benzene rings is 1. The molecule has 0 unspecified atom stereocenters. The number of amides is 1. The number of hydrogen-bond donors (Lipinski definition) is 0. The van der Waals surface area contributed by atoms with Gasteiger partial charge in [0.05, 0.1) is 10.9 Å². The molecule has 116 valence electrons. The Bertz CT molecular complexity index is 789. The fourth-order valence-electron chi connectivity index (χ4n) is 2.79. The molecule has 0 spiro atoms. The van der Waals surface area contributed by atoms with E-state index >= 15 is 0 Å². The first-order valence-electron chi connectivity index (χ1n) is 7.43. The van der Waals surface area contributed by atoms with Crippen LogP contribution >= 0.6 is 0 Å². The van der Waals surface area contributed by atoms with Gasteiger partial charge in [0.2, 0.25) is 5.43 Å². The van der Waals surface area contributed by atoms with Crippen LogP contribution in [-0.4, -0.2) is 58.7 Å². The van der Waals surface area contributed by atoms with Gasteiger partial charge in [-0.15, -0.1) is 0 Å². The number of carbonyl (C=O) groups excluding carboxylic acids is 1. The van der Waals surface area contributed by atoms with Crippen LogP contribution < -0.4 is 5.43 Å². The second-order valence-corrected chi connectivity index (χ2v) is 5.92. The highest BCUT2D eigenvalue weighted by molar-refractivity contribution is 5.95. The van der Waals surface area contributed by atoms with Crippen molar-refractivity contribution in [2.75, 3.05) is 33.2 Å². The molecule has 0 aliphatic carbocycles. The van der Waals surface area contributed by atoms with E-state index in [9.17, 15) is 9.59 Å². The van der Waals surface area contributed by atoms with Crippen LogP contribution in [0.15, 0.2) is 23.0 Å². The predicted octanol–water partition coefficient (Wildman–Crippen LogP) is 0.630. The molecule has 1 saturated heterocycles. The van der Waals surface area contributed by atoms with Gasteiger partial charge in [-0.25, -0.2) is 0 Å². The van der Waals surface area contributed by atoms with Crippen molar-refractivity contribution in [2.24, 2.45) is 7.05 Å². The average molecular weight is 300 g/mol. The number of nitrogens with zero attached hydrogens (tertiary/aromatic N) is 4. The van der Waals surface area contributed by atoms with Crippen molar-refractivity contribution in [3.63, 3.8) is 0 Å². The standard InChI is InChI=1S/C16H20N4O2/c1-11-4-5-13-12(10-11)15(21)14(17-19(13)3)16(22)20-8-6-18(2)7-9-20/h4-5,10H,6-9H2,1-3H3. The van der Waals surface area contributed by atoms with Crippen LogP contribution in [0.5, 0.6) is 0 Å². The Kier molecular flexibility index (Phi) is 3.70. The third-order valence-electron chi connectivity index (χ3n) is 4.20. The summed E-state index contributed by atoms with van der Waals surface area (Å²) in [4.78, 5) is 29.2. The first-order chi connectivity index (χ1) is 10.5.